The minimum absolute atomic E-state index is 0.400. The van der Waals surface area contributed by atoms with Gasteiger partial charge in [0.1, 0.15) is 18.0 Å². The van der Waals surface area contributed by atoms with Gasteiger partial charge >= 0.3 is 0 Å². The van der Waals surface area contributed by atoms with E-state index in [4.69, 9.17) is 28.3 Å². The van der Waals surface area contributed by atoms with Crippen molar-refractivity contribution in [3.05, 3.63) is 66.2 Å². The molecule has 0 saturated heterocycles. The molecule has 0 N–H and O–H groups in total. The van der Waals surface area contributed by atoms with Crippen molar-refractivity contribution in [1.29, 1.82) is 0 Å². The molecule has 8 nitrogen and oxygen atoms in total. The Balaban J connectivity index is 1.72. The molecule has 33 heavy (non-hydrogen) atoms. The number of rotatable bonds is 9. The predicted molar refractivity (Wildman–Crippen MR) is 122 cm³/mol. The zero-order valence-electron chi connectivity index (χ0n) is 18.8. The fourth-order valence-electron chi connectivity index (χ4n) is 3.46. The van der Waals surface area contributed by atoms with E-state index in [9.17, 15) is 0 Å². The maximum atomic E-state index is 6.04. The average Bonchev–Trinajstić information content (AvgIpc) is 3.37. The normalized spacial score (nSPS) is 10.5. The molecule has 0 aliphatic carbocycles. The van der Waals surface area contributed by atoms with Crippen LogP contribution in [0.15, 0.2) is 65.3 Å². The van der Waals surface area contributed by atoms with Crippen LogP contribution in [0.3, 0.4) is 0 Å². The maximum Gasteiger partial charge on any atom is 0.203 e. The van der Waals surface area contributed by atoms with E-state index in [-0.39, 0.29) is 0 Å². The second-order valence-corrected chi connectivity index (χ2v) is 7.02. The van der Waals surface area contributed by atoms with Crippen LogP contribution in [0, 0.1) is 0 Å². The maximum absolute atomic E-state index is 6.04. The topological polar surface area (TPSA) is 85.1 Å². The largest absolute Gasteiger partial charge is 0.493 e. The van der Waals surface area contributed by atoms with Crippen LogP contribution in [0.1, 0.15) is 5.56 Å². The SMILES string of the molecule is COc1ccc(-c2nonc2-c2cc(OC)c(OC)c(OC)c2)cc1OCc1ccccc1. The van der Waals surface area contributed by atoms with Crippen LogP contribution in [0.4, 0.5) is 0 Å². The van der Waals surface area contributed by atoms with Gasteiger partial charge in [-0.15, -0.1) is 0 Å². The van der Waals surface area contributed by atoms with Crippen molar-refractivity contribution in [3.63, 3.8) is 0 Å². The Kier molecular flexibility index (Phi) is 6.64. The van der Waals surface area contributed by atoms with Crippen molar-refractivity contribution in [2.24, 2.45) is 0 Å². The molecule has 0 spiro atoms. The summed E-state index contributed by atoms with van der Waals surface area (Å²) >= 11 is 0. The highest BCUT2D eigenvalue weighted by Gasteiger charge is 2.21. The third-order valence-corrected chi connectivity index (χ3v) is 5.10. The molecule has 170 valence electrons. The van der Waals surface area contributed by atoms with Crippen LogP contribution in [0.2, 0.25) is 0 Å². The summed E-state index contributed by atoms with van der Waals surface area (Å²) in [5, 5.41) is 8.26. The number of benzene rings is 3. The van der Waals surface area contributed by atoms with E-state index in [0.29, 0.717) is 52.3 Å². The molecular formula is C25H24N2O6. The number of hydrogen-bond donors (Lipinski definition) is 0. The van der Waals surface area contributed by atoms with Crippen molar-refractivity contribution in [1.82, 2.24) is 10.3 Å². The number of aromatic nitrogens is 2. The molecule has 4 aromatic rings. The summed E-state index contributed by atoms with van der Waals surface area (Å²) in [6.45, 7) is 0.400. The first kappa shape index (κ1) is 22.0. The Morgan fingerprint density at radius 3 is 1.85 bits per heavy atom. The molecule has 3 aromatic carbocycles. The first-order valence-corrected chi connectivity index (χ1v) is 10.2. The lowest BCUT2D eigenvalue weighted by Crippen LogP contribution is -1.98. The number of methoxy groups -OCH3 is 4. The molecule has 1 aromatic heterocycles. The summed E-state index contributed by atoms with van der Waals surface area (Å²) < 4.78 is 33.0. The Labute approximate surface area is 191 Å². The van der Waals surface area contributed by atoms with Gasteiger partial charge in [-0.3, -0.25) is 0 Å². The van der Waals surface area contributed by atoms with Gasteiger partial charge < -0.3 is 23.7 Å². The van der Waals surface area contributed by atoms with E-state index in [2.05, 4.69) is 10.3 Å². The fraction of sp³-hybridized carbons (Fsp3) is 0.200. The standard InChI is InChI=1S/C25H24N2O6/c1-28-19-11-10-17(12-20(19)32-15-16-8-6-5-7-9-16)23-24(27-33-26-23)18-13-21(29-2)25(31-4)22(14-18)30-3/h5-14H,15H2,1-4H3. The minimum Gasteiger partial charge on any atom is -0.493 e. The molecule has 0 amide bonds. The van der Waals surface area contributed by atoms with Crippen LogP contribution in [0.5, 0.6) is 28.7 Å². The number of hydrogen-bond acceptors (Lipinski definition) is 8. The quantitative estimate of drug-likeness (QED) is 0.353. The molecule has 0 aliphatic heterocycles. The second-order valence-electron chi connectivity index (χ2n) is 7.02. The third-order valence-electron chi connectivity index (χ3n) is 5.10. The first-order chi connectivity index (χ1) is 16.2. The third kappa shape index (κ3) is 4.55. The molecule has 0 aliphatic rings. The minimum atomic E-state index is 0.400. The van der Waals surface area contributed by atoms with Crippen LogP contribution in [0.25, 0.3) is 22.5 Å². The summed E-state index contributed by atoms with van der Waals surface area (Å²) in [6, 6.07) is 19.0. The van der Waals surface area contributed by atoms with Crippen molar-refractivity contribution >= 4 is 0 Å². The van der Waals surface area contributed by atoms with Gasteiger partial charge in [0.25, 0.3) is 0 Å². The Bertz CT molecular complexity index is 1200. The van der Waals surface area contributed by atoms with Gasteiger partial charge in [-0.1, -0.05) is 30.3 Å². The van der Waals surface area contributed by atoms with Gasteiger partial charge in [0.15, 0.2) is 23.0 Å². The first-order valence-electron chi connectivity index (χ1n) is 10.2. The number of ether oxygens (including phenoxy) is 5. The highest BCUT2D eigenvalue weighted by Crippen LogP contribution is 2.43. The summed E-state index contributed by atoms with van der Waals surface area (Å²) in [5.74, 6) is 2.69. The smallest absolute Gasteiger partial charge is 0.203 e. The summed E-state index contributed by atoms with van der Waals surface area (Å²) in [6.07, 6.45) is 0. The van der Waals surface area contributed by atoms with Crippen LogP contribution in [-0.2, 0) is 6.61 Å². The molecule has 0 bridgehead atoms. The average molecular weight is 448 g/mol. The zero-order valence-corrected chi connectivity index (χ0v) is 18.8. The van der Waals surface area contributed by atoms with Gasteiger partial charge in [-0.25, -0.2) is 4.63 Å². The Morgan fingerprint density at radius 1 is 0.636 bits per heavy atom. The summed E-state index contributed by atoms with van der Waals surface area (Å²) in [5.41, 5.74) is 3.56. The summed E-state index contributed by atoms with van der Waals surface area (Å²) in [7, 11) is 6.27. The fourth-order valence-corrected chi connectivity index (χ4v) is 3.46. The Morgan fingerprint density at radius 2 is 1.24 bits per heavy atom. The molecule has 1 heterocycles. The van der Waals surface area contributed by atoms with Crippen molar-refractivity contribution < 1.29 is 28.3 Å². The zero-order chi connectivity index (χ0) is 23.2. The van der Waals surface area contributed by atoms with Crippen molar-refractivity contribution in [3.8, 4) is 51.3 Å². The van der Waals surface area contributed by atoms with E-state index in [1.54, 1.807) is 40.6 Å². The molecule has 0 unspecified atom stereocenters. The van der Waals surface area contributed by atoms with E-state index < -0.39 is 0 Å². The van der Waals surface area contributed by atoms with E-state index >= 15 is 0 Å². The van der Waals surface area contributed by atoms with E-state index in [1.165, 1.54) is 0 Å². The Hall–Kier alpha value is -4.20. The summed E-state index contributed by atoms with van der Waals surface area (Å²) in [4.78, 5) is 0. The monoisotopic (exact) mass is 448 g/mol. The van der Waals surface area contributed by atoms with Gasteiger partial charge in [-0.05, 0) is 46.2 Å². The molecule has 0 saturated carbocycles. The molecule has 0 radical (unpaired) electrons. The molecule has 8 heteroatoms. The molecule has 0 fully saturated rings. The van der Waals surface area contributed by atoms with Crippen LogP contribution >= 0.6 is 0 Å². The van der Waals surface area contributed by atoms with Crippen LogP contribution < -0.4 is 23.7 Å². The number of nitrogens with zero attached hydrogens (tertiary/aromatic N) is 2. The van der Waals surface area contributed by atoms with E-state index in [1.807, 2.05) is 48.5 Å². The molecular weight excluding hydrogens is 424 g/mol. The lowest BCUT2D eigenvalue weighted by atomic mass is 10.0. The predicted octanol–water partition coefficient (Wildman–Crippen LogP) is 5.02. The van der Waals surface area contributed by atoms with Gasteiger partial charge in [-0.2, -0.15) is 0 Å². The van der Waals surface area contributed by atoms with E-state index in [0.717, 1.165) is 11.1 Å². The van der Waals surface area contributed by atoms with Crippen molar-refractivity contribution in [2.45, 2.75) is 6.61 Å². The molecule has 4 rings (SSSR count). The van der Waals surface area contributed by atoms with Gasteiger partial charge in [0.05, 0.1) is 28.4 Å². The lowest BCUT2D eigenvalue weighted by Gasteiger charge is -2.14. The molecule has 0 atom stereocenters. The van der Waals surface area contributed by atoms with Gasteiger partial charge in [0.2, 0.25) is 5.75 Å². The lowest BCUT2D eigenvalue weighted by molar-refractivity contribution is 0.284. The van der Waals surface area contributed by atoms with Crippen LogP contribution in [-0.4, -0.2) is 38.8 Å². The second kappa shape index (κ2) is 9.95. The highest BCUT2D eigenvalue weighted by molar-refractivity contribution is 5.80. The van der Waals surface area contributed by atoms with Gasteiger partial charge in [0, 0.05) is 11.1 Å². The van der Waals surface area contributed by atoms with Crippen molar-refractivity contribution in [2.75, 3.05) is 28.4 Å². The highest BCUT2D eigenvalue weighted by atomic mass is 16.6.